The number of carboxylic acid groups (broad SMARTS) is 1. The summed E-state index contributed by atoms with van der Waals surface area (Å²) in [5, 5.41) is 18.6. The summed E-state index contributed by atoms with van der Waals surface area (Å²) in [4.78, 5) is 27.3. The second-order valence-corrected chi connectivity index (χ2v) is 3.63. The quantitative estimate of drug-likeness (QED) is 0.739. The molecule has 0 bridgehead atoms. The molecule has 0 aromatic heterocycles. The Balaban J connectivity index is 2.84. The van der Waals surface area contributed by atoms with Crippen LogP contribution in [0, 0.1) is 5.82 Å². The highest BCUT2D eigenvalue weighted by atomic mass is 19.1. The van der Waals surface area contributed by atoms with Gasteiger partial charge in [-0.25, -0.2) is 9.18 Å². The number of carboxylic acids is 1. The van der Waals surface area contributed by atoms with Gasteiger partial charge in [-0.15, -0.1) is 5.06 Å². The van der Waals surface area contributed by atoms with Crippen LogP contribution in [0.1, 0.15) is 17.3 Å². The van der Waals surface area contributed by atoms with Gasteiger partial charge in [-0.05, 0) is 19.1 Å². The molecule has 0 amide bonds. The summed E-state index contributed by atoms with van der Waals surface area (Å²) in [5.41, 5.74) is -0.303. The minimum Gasteiger partial charge on any atom is -0.480 e. The molecular weight excluding hydrogens is 257 g/mol. The lowest BCUT2D eigenvalue weighted by Gasteiger charge is -2.24. The SMILES string of the molecule is CCN(OC(=O)c1ccccc1F)[C@@H](CO)C(=O)O. The Bertz CT molecular complexity index is 465. The number of hydrogen-bond acceptors (Lipinski definition) is 5. The maximum absolute atomic E-state index is 13.4. The molecule has 0 saturated heterocycles. The number of hydroxylamine groups is 2. The van der Waals surface area contributed by atoms with E-state index in [1.165, 1.54) is 18.2 Å². The van der Waals surface area contributed by atoms with Crippen LogP contribution in [-0.4, -0.2) is 46.4 Å². The monoisotopic (exact) mass is 271 g/mol. The highest BCUT2D eigenvalue weighted by Crippen LogP contribution is 2.10. The average molecular weight is 271 g/mol. The normalized spacial score (nSPS) is 12.2. The molecule has 104 valence electrons. The Morgan fingerprint density at radius 2 is 2.05 bits per heavy atom. The number of nitrogens with zero attached hydrogens (tertiary/aromatic N) is 1. The van der Waals surface area contributed by atoms with Gasteiger partial charge < -0.3 is 15.1 Å². The topological polar surface area (TPSA) is 87.1 Å². The van der Waals surface area contributed by atoms with Gasteiger partial charge in [0.15, 0.2) is 6.04 Å². The van der Waals surface area contributed by atoms with Crippen LogP contribution in [0.15, 0.2) is 24.3 Å². The first kappa shape index (κ1) is 15.1. The molecule has 1 aromatic carbocycles. The number of halogens is 1. The van der Waals surface area contributed by atoms with Crippen molar-refractivity contribution in [3.8, 4) is 0 Å². The predicted molar refractivity (Wildman–Crippen MR) is 62.7 cm³/mol. The summed E-state index contributed by atoms with van der Waals surface area (Å²) in [7, 11) is 0. The molecule has 1 rings (SSSR count). The molecule has 1 atom stereocenters. The van der Waals surface area contributed by atoms with E-state index in [-0.39, 0.29) is 12.1 Å². The molecule has 2 N–H and O–H groups in total. The molecule has 1 aromatic rings. The number of aliphatic hydroxyl groups excluding tert-OH is 1. The molecule has 0 spiro atoms. The van der Waals surface area contributed by atoms with Crippen molar-refractivity contribution in [2.75, 3.05) is 13.2 Å². The van der Waals surface area contributed by atoms with Gasteiger partial charge in [0.05, 0.1) is 12.2 Å². The van der Waals surface area contributed by atoms with Gasteiger partial charge in [0.1, 0.15) is 5.82 Å². The number of aliphatic hydroxyl groups is 1. The van der Waals surface area contributed by atoms with Crippen molar-refractivity contribution >= 4 is 11.9 Å². The summed E-state index contributed by atoms with van der Waals surface area (Å²) in [5.74, 6) is -3.12. The van der Waals surface area contributed by atoms with E-state index >= 15 is 0 Å². The first-order valence-electron chi connectivity index (χ1n) is 5.58. The first-order valence-corrected chi connectivity index (χ1v) is 5.58. The molecule has 0 saturated carbocycles. The van der Waals surface area contributed by atoms with Crippen LogP contribution in [0.25, 0.3) is 0 Å². The third-order valence-corrected chi connectivity index (χ3v) is 2.41. The van der Waals surface area contributed by atoms with Crippen LogP contribution in [0.2, 0.25) is 0 Å². The van der Waals surface area contributed by atoms with E-state index in [1.54, 1.807) is 6.92 Å². The van der Waals surface area contributed by atoms with Gasteiger partial charge in [-0.1, -0.05) is 12.1 Å². The molecule has 0 aliphatic carbocycles. The van der Waals surface area contributed by atoms with E-state index in [2.05, 4.69) is 0 Å². The summed E-state index contributed by atoms with van der Waals surface area (Å²) in [6.07, 6.45) is 0. The maximum Gasteiger partial charge on any atom is 0.360 e. The summed E-state index contributed by atoms with van der Waals surface area (Å²) in [6.45, 7) is 0.853. The molecular formula is C12H14FNO5. The summed E-state index contributed by atoms with van der Waals surface area (Å²) >= 11 is 0. The molecule has 0 unspecified atom stereocenters. The Morgan fingerprint density at radius 3 is 2.53 bits per heavy atom. The zero-order chi connectivity index (χ0) is 14.4. The molecule has 0 aliphatic rings. The van der Waals surface area contributed by atoms with Crippen LogP contribution in [-0.2, 0) is 9.63 Å². The highest BCUT2D eigenvalue weighted by molar-refractivity contribution is 5.89. The number of aliphatic carboxylic acids is 1. The molecule has 0 aliphatic heterocycles. The first-order chi connectivity index (χ1) is 9.01. The van der Waals surface area contributed by atoms with Gasteiger partial charge in [0.2, 0.25) is 0 Å². The third-order valence-electron chi connectivity index (χ3n) is 2.41. The lowest BCUT2D eigenvalue weighted by atomic mass is 10.2. The number of hydrogen-bond donors (Lipinski definition) is 2. The summed E-state index contributed by atoms with van der Waals surface area (Å²) < 4.78 is 13.4. The highest BCUT2D eigenvalue weighted by Gasteiger charge is 2.28. The van der Waals surface area contributed by atoms with Gasteiger partial charge in [-0.3, -0.25) is 4.79 Å². The number of benzene rings is 1. The van der Waals surface area contributed by atoms with Gasteiger partial charge in [0.25, 0.3) is 0 Å². The average Bonchev–Trinajstić information content (AvgIpc) is 2.38. The number of carbonyl (C=O) groups excluding carboxylic acids is 1. The minimum atomic E-state index is -1.39. The number of likely N-dealkylation sites (N-methyl/N-ethyl adjacent to an activating group) is 1. The third kappa shape index (κ3) is 3.73. The fourth-order valence-electron chi connectivity index (χ4n) is 1.42. The van der Waals surface area contributed by atoms with Crippen molar-refractivity contribution < 1.29 is 29.0 Å². The minimum absolute atomic E-state index is 0.0394. The van der Waals surface area contributed by atoms with Crippen LogP contribution >= 0.6 is 0 Å². The van der Waals surface area contributed by atoms with Crippen molar-refractivity contribution in [3.05, 3.63) is 35.6 Å². The Morgan fingerprint density at radius 1 is 1.42 bits per heavy atom. The van der Waals surface area contributed by atoms with Crippen molar-refractivity contribution in [2.24, 2.45) is 0 Å². The molecule has 0 fully saturated rings. The molecule has 6 nitrogen and oxygen atoms in total. The fourth-order valence-corrected chi connectivity index (χ4v) is 1.42. The van der Waals surface area contributed by atoms with Gasteiger partial charge in [-0.2, -0.15) is 0 Å². The van der Waals surface area contributed by atoms with E-state index in [4.69, 9.17) is 15.1 Å². The van der Waals surface area contributed by atoms with E-state index < -0.39 is 30.4 Å². The molecule has 7 heteroatoms. The van der Waals surface area contributed by atoms with Gasteiger partial charge >= 0.3 is 11.9 Å². The molecule has 19 heavy (non-hydrogen) atoms. The van der Waals surface area contributed by atoms with Crippen molar-refractivity contribution in [1.82, 2.24) is 5.06 Å². The van der Waals surface area contributed by atoms with Crippen molar-refractivity contribution in [1.29, 1.82) is 0 Å². The fraction of sp³-hybridized carbons (Fsp3) is 0.333. The second-order valence-electron chi connectivity index (χ2n) is 3.63. The van der Waals surface area contributed by atoms with Crippen LogP contribution in [0.3, 0.4) is 0 Å². The Kier molecular flexibility index (Phi) is 5.40. The van der Waals surface area contributed by atoms with Crippen LogP contribution < -0.4 is 0 Å². The predicted octanol–water partition coefficient (Wildman–Crippen LogP) is 0.665. The lowest BCUT2D eigenvalue weighted by molar-refractivity contribution is -0.175. The van der Waals surface area contributed by atoms with E-state index in [9.17, 15) is 14.0 Å². The van der Waals surface area contributed by atoms with E-state index in [1.807, 2.05) is 0 Å². The molecule has 0 radical (unpaired) electrons. The van der Waals surface area contributed by atoms with Crippen LogP contribution in [0.5, 0.6) is 0 Å². The van der Waals surface area contributed by atoms with Crippen molar-refractivity contribution in [2.45, 2.75) is 13.0 Å². The summed E-state index contributed by atoms with van der Waals surface area (Å²) in [6, 6.07) is 3.79. The Labute approximate surface area is 109 Å². The second kappa shape index (κ2) is 6.81. The molecule has 0 heterocycles. The lowest BCUT2D eigenvalue weighted by Crippen LogP contribution is -2.44. The standard InChI is InChI=1S/C12H14FNO5/c1-2-14(10(7-15)11(16)17)19-12(18)8-5-3-4-6-9(8)13/h3-6,10,15H,2,7H2,1H3,(H,16,17)/t10-/m0/s1. The van der Waals surface area contributed by atoms with Crippen LogP contribution in [0.4, 0.5) is 4.39 Å². The van der Waals surface area contributed by atoms with Crippen molar-refractivity contribution in [3.63, 3.8) is 0 Å². The smallest absolute Gasteiger partial charge is 0.360 e. The zero-order valence-electron chi connectivity index (χ0n) is 10.2. The number of carbonyl (C=O) groups is 2. The Hall–Kier alpha value is -1.99. The van der Waals surface area contributed by atoms with E-state index in [0.717, 1.165) is 11.1 Å². The van der Waals surface area contributed by atoms with Gasteiger partial charge in [0, 0.05) is 6.54 Å². The zero-order valence-corrected chi connectivity index (χ0v) is 10.2. The van der Waals surface area contributed by atoms with E-state index in [0.29, 0.717) is 0 Å². The largest absolute Gasteiger partial charge is 0.480 e. The number of rotatable bonds is 6. The maximum atomic E-state index is 13.4.